The number of ether oxygens (including phenoxy) is 2. The summed E-state index contributed by atoms with van der Waals surface area (Å²) < 4.78 is 10.4. The Morgan fingerprint density at radius 3 is 3.06 bits per heavy atom. The third kappa shape index (κ3) is 1.80. The molecule has 4 atom stereocenters. The van der Waals surface area contributed by atoms with Gasteiger partial charge in [-0.25, -0.2) is 4.79 Å². The molecule has 4 unspecified atom stereocenters. The number of carbonyl (C=O) groups excluding carboxylic acids is 2. The zero-order valence-electron chi connectivity index (χ0n) is 9.51. The van der Waals surface area contributed by atoms with E-state index in [1.165, 1.54) is 0 Å². The van der Waals surface area contributed by atoms with Gasteiger partial charge in [-0.2, -0.15) is 5.26 Å². The second-order valence-corrected chi connectivity index (χ2v) is 4.67. The fourth-order valence-electron chi connectivity index (χ4n) is 2.64. The molecule has 2 rings (SSSR count). The Morgan fingerprint density at radius 1 is 1.76 bits per heavy atom. The number of carbonyl (C=O) groups is 2. The minimum absolute atomic E-state index is 0.247. The first-order valence-corrected chi connectivity index (χ1v) is 5.45. The Bertz CT molecular complexity index is 425. The molecule has 2 aliphatic rings. The first-order valence-electron chi connectivity index (χ1n) is 5.45. The number of fused-ring (bicyclic) bond motifs is 2. The van der Waals surface area contributed by atoms with Crippen LogP contribution < -0.4 is 0 Å². The Hall–Kier alpha value is -1.83. The average molecular weight is 235 g/mol. The van der Waals surface area contributed by atoms with Crippen LogP contribution in [0.2, 0.25) is 0 Å². The number of nitriles is 1. The fraction of sp³-hybridized carbons (Fsp3) is 0.583. The first kappa shape index (κ1) is 11.6. The van der Waals surface area contributed by atoms with E-state index < -0.39 is 23.6 Å². The maximum Gasteiger partial charge on any atom is 0.330 e. The topological polar surface area (TPSA) is 76.4 Å². The molecule has 0 N–H and O–H groups in total. The molecule has 0 aromatic rings. The first-order chi connectivity index (χ1) is 8.00. The van der Waals surface area contributed by atoms with Gasteiger partial charge in [0, 0.05) is 12.5 Å². The van der Waals surface area contributed by atoms with Crippen LogP contribution >= 0.6 is 0 Å². The van der Waals surface area contributed by atoms with Crippen LogP contribution in [0.4, 0.5) is 0 Å². The van der Waals surface area contributed by atoms with E-state index in [1.54, 1.807) is 6.92 Å². The van der Waals surface area contributed by atoms with E-state index in [9.17, 15) is 9.59 Å². The molecule has 1 saturated carbocycles. The highest BCUT2D eigenvalue weighted by atomic mass is 16.6. The van der Waals surface area contributed by atoms with E-state index in [2.05, 4.69) is 12.6 Å². The van der Waals surface area contributed by atoms with Gasteiger partial charge in [-0.05, 0) is 13.3 Å². The Morgan fingerprint density at radius 2 is 2.47 bits per heavy atom. The van der Waals surface area contributed by atoms with Crippen molar-refractivity contribution in [2.24, 2.45) is 11.8 Å². The van der Waals surface area contributed by atoms with Crippen LogP contribution in [0.25, 0.3) is 0 Å². The van der Waals surface area contributed by atoms with Crippen molar-refractivity contribution in [1.82, 2.24) is 0 Å². The lowest BCUT2D eigenvalue weighted by Crippen LogP contribution is -2.48. The molecule has 1 aliphatic carbocycles. The normalized spacial score (nSPS) is 39.1. The molecule has 0 amide bonds. The Kier molecular flexibility index (Phi) is 2.66. The highest BCUT2D eigenvalue weighted by molar-refractivity contribution is 5.82. The molecule has 0 spiro atoms. The van der Waals surface area contributed by atoms with Crippen LogP contribution in [0, 0.1) is 23.2 Å². The Labute approximate surface area is 99.0 Å². The van der Waals surface area contributed by atoms with Crippen LogP contribution in [-0.2, 0) is 19.1 Å². The van der Waals surface area contributed by atoms with Gasteiger partial charge in [-0.15, -0.1) is 0 Å². The lowest BCUT2D eigenvalue weighted by molar-refractivity contribution is -0.172. The number of hydrogen-bond acceptors (Lipinski definition) is 5. The summed E-state index contributed by atoms with van der Waals surface area (Å²) in [6, 6.07) is 2.09. The number of nitrogens with zero attached hydrogens (tertiary/aromatic N) is 1. The van der Waals surface area contributed by atoms with Gasteiger partial charge in [-0.1, -0.05) is 6.58 Å². The van der Waals surface area contributed by atoms with Crippen LogP contribution in [0.3, 0.4) is 0 Å². The maximum absolute atomic E-state index is 11.5. The molecule has 2 fully saturated rings. The molecule has 1 saturated heterocycles. The van der Waals surface area contributed by atoms with Gasteiger partial charge in [-0.3, -0.25) is 4.79 Å². The standard InChI is InChI=1S/C12H13NO4/c1-3-9(14)16-10-8(6-13)4-7-5-12(10,2)17-11(7)15/h3,7-8,10H,1,4-5H2,2H3. The third-order valence-corrected chi connectivity index (χ3v) is 3.40. The predicted molar refractivity (Wildman–Crippen MR) is 56.4 cm³/mol. The van der Waals surface area contributed by atoms with Crippen molar-refractivity contribution < 1.29 is 19.1 Å². The van der Waals surface area contributed by atoms with Crippen LogP contribution in [0.1, 0.15) is 19.8 Å². The number of hydrogen-bond donors (Lipinski definition) is 0. The molecular formula is C12H13NO4. The van der Waals surface area contributed by atoms with Crippen molar-refractivity contribution in [2.75, 3.05) is 0 Å². The quantitative estimate of drug-likeness (QED) is 0.526. The molecule has 0 aromatic heterocycles. The molecule has 90 valence electrons. The smallest absolute Gasteiger partial charge is 0.330 e. The molecule has 0 aromatic carbocycles. The summed E-state index contributed by atoms with van der Waals surface area (Å²) in [5, 5.41) is 9.08. The van der Waals surface area contributed by atoms with Crippen LogP contribution in [0.15, 0.2) is 12.7 Å². The van der Waals surface area contributed by atoms with Gasteiger partial charge in [0.2, 0.25) is 0 Å². The molecule has 2 bridgehead atoms. The van der Waals surface area contributed by atoms with Gasteiger partial charge in [0.25, 0.3) is 0 Å². The molecule has 5 nitrogen and oxygen atoms in total. The summed E-state index contributed by atoms with van der Waals surface area (Å²) in [5.41, 5.74) is -0.876. The summed E-state index contributed by atoms with van der Waals surface area (Å²) in [5.74, 6) is -1.65. The van der Waals surface area contributed by atoms with E-state index in [0.717, 1.165) is 6.08 Å². The third-order valence-electron chi connectivity index (χ3n) is 3.40. The van der Waals surface area contributed by atoms with Crippen LogP contribution in [0.5, 0.6) is 0 Å². The van der Waals surface area contributed by atoms with Gasteiger partial charge >= 0.3 is 11.9 Å². The number of rotatable bonds is 2. The SMILES string of the molecule is C=CC(=O)OC1C(C#N)CC2CC1(C)OC2=O. The largest absolute Gasteiger partial charge is 0.455 e. The second kappa shape index (κ2) is 3.88. The van der Waals surface area contributed by atoms with Gasteiger partial charge in [0.1, 0.15) is 5.60 Å². The number of esters is 2. The van der Waals surface area contributed by atoms with Crippen molar-refractivity contribution in [3.05, 3.63) is 12.7 Å². The van der Waals surface area contributed by atoms with Crippen molar-refractivity contribution >= 4 is 11.9 Å². The van der Waals surface area contributed by atoms with E-state index >= 15 is 0 Å². The molecule has 5 heteroatoms. The van der Waals surface area contributed by atoms with E-state index in [-0.39, 0.29) is 11.9 Å². The van der Waals surface area contributed by atoms with Crippen molar-refractivity contribution in [3.63, 3.8) is 0 Å². The summed E-state index contributed by atoms with van der Waals surface area (Å²) in [6.45, 7) is 5.01. The molecular weight excluding hydrogens is 222 g/mol. The summed E-state index contributed by atoms with van der Waals surface area (Å²) in [6.07, 6.45) is 1.22. The average Bonchev–Trinajstić information content (AvgIpc) is 2.54. The van der Waals surface area contributed by atoms with Crippen LogP contribution in [-0.4, -0.2) is 23.6 Å². The minimum atomic E-state index is -0.876. The lowest BCUT2D eigenvalue weighted by atomic mass is 9.74. The molecule has 0 radical (unpaired) electrons. The highest BCUT2D eigenvalue weighted by Gasteiger charge is 2.58. The zero-order chi connectivity index (χ0) is 12.6. The minimum Gasteiger partial charge on any atom is -0.455 e. The zero-order valence-corrected chi connectivity index (χ0v) is 9.51. The lowest BCUT2D eigenvalue weighted by Gasteiger charge is -2.37. The van der Waals surface area contributed by atoms with E-state index in [0.29, 0.717) is 12.8 Å². The Balaban J connectivity index is 2.27. The predicted octanol–water partition coefficient (Wildman–Crippen LogP) is 0.949. The molecule has 17 heavy (non-hydrogen) atoms. The fourth-order valence-corrected chi connectivity index (χ4v) is 2.64. The molecule has 1 aliphatic heterocycles. The van der Waals surface area contributed by atoms with E-state index in [4.69, 9.17) is 14.7 Å². The van der Waals surface area contributed by atoms with Gasteiger partial charge in [0.15, 0.2) is 6.10 Å². The summed E-state index contributed by atoms with van der Waals surface area (Å²) in [4.78, 5) is 22.8. The maximum atomic E-state index is 11.5. The highest BCUT2D eigenvalue weighted by Crippen LogP contribution is 2.46. The molecule has 1 heterocycles. The van der Waals surface area contributed by atoms with Crippen molar-refractivity contribution in [1.29, 1.82) is 5.26 Å². The van der Waals surface area contributed by atoms with Gasteiger partial charge in [0.05, 0.1) is 17.9 Å². The van der Waals surface area contributed by atoms with Crippen molar-refractivity contribution in [2.45, 2.75) is 31.5 Å². The van der Waals surface area contributed by atoms with Crippen molar-refractivity contribution in [3.8, 4) is 6.07 Å². The summed E-state index contributed by atoms with van der Waals surface area (Å²) in [7, 11) is 0. The second-order valence-electron chi connectivity index (χ2n) is 4.67. The monoisotopic (exact) mass is 235 g/mol. The summed E-state index contributed by atoms with van der Waals surface area (Å²) >= 11 is 0. The van der Waals surface area contributed by atoms with Gasteiger partial charge < -0.3 is 9.47 Å². The van der Waals surface area contributed by atoms with E-state index in [1.807, 2.05) is 0 Å².